The zero-order chi connectivity index (χ0) is 11.5. The first kappa shape index (κ1) is 11.3. The van der Waals surface area contributed by atoms with Crippen LogP contribution in [0.2, 0.25) is 0 Å². The number of para-hydroxylation sites is 2. The maximum Gasteiger partial charge on any atom is 0.143 e. The van der Waals surface area contributed by atoms with Gasteiger partial charge in [0.15, 0.2) is 0 Å². The van der Waals surface area contributed by atoms with E-state index in [-0.39, 0.29) is 6.10 Å². The van der Waals surface area contributed by atoms with E-state index in [4.69, 9.17) is 4.74 Å². The van der Waals surface area contributed by atoms with E-state index in [9.17, 15) is 0 Å². The van der Waals surface area contributed by atoms with Crippen LogP contribution in [0, 0.1) is 0 Å². The summed E-state index contributed by atoms with van der Waals surface area (Å²) in [7, 11) is 4.11. The predicted molar refractivity (Wildman–Crippen MR) is 67.3 cm³/mol. The van der Waals surface area contributed by atoms with E-state index in [1.54, 1.807) is 0 Å². The minimum absolute atomic E-state index is 0.271. The van der Waals surface area contributed by atoms with E-state index in [1.807, 2.05) is 19.2 Å². The summed E-state index contributed by atoms with van der Waals surface area (Å²) >= 11 is 0. The Morgan fingerprint density at radius 2 is 2.12 bits per heavy atom. The van der Waals surface area contributed by atoms with Crippen LogP contribution in [-0.4, -0.2) is 32.8 Å². The molecule has 1 N–H and O–H groups in total. The van der Waals surface area contributed by atoms with E-state index >= 15 is 0 Å². The molecular weight excluding hydrogens is 200 g/mol. The lowest BCUT2D eigenvalue weighted by molar-refractivity contribution is 0.152. The lowest BCUT2D eigenvalue weighted by Crippen LogP contribution is -2.46. The maximum atomic E-state index is 6.04. The Hall–Kier alpha value is -1.22. The van der Waals surface area contributed by atoms with Crippen molar-refractivity contribution in [2.75, 3.05) is 25.5 Å². The van der Waals surface area contributed by atoms with Gasteiger partial charge in [-0.2, -0.15) is 0 Å². The monoisotopic (exact) mass is 220 g/mol. The summed E-state index contributed by atoms with van der Waals surface area (Å²) in [6.45, 7) is 3.21. The van der Waals surface area contributed by atoms with Crippen LogP contribution in [0.5, 0.6) is 5.75 Å². The van der Waals surface area contributed by atoms with Crippen LogP contribution in [0.3, 0.4) is 0 Å². The van der Waals surface area contributed by atoms with Gasteiger partial charge in [-0.3, -0.25) is 0 Å². The second kappa shape index (κ2) is 4.74. The van der Waals surface area contributed by atoms with Crippen molar-refractivity contribution >= 4 is 5.69 Å². The highest BCUT2D eigenvalue weighted by Gasteiger charge is 2.29. The molecule has 0 bridgehead atoms. The van der Waals surface area contributed by atoms with Gasteiger partial charge in [0.05, 0.1) is 11.7 Å². The highest BCUT2D eigenvalue weighted by atomic mass is 16.5. The van der Waals surface area contributed by atoms with Gasteiger partial charge >= 0.3 is 0 Å². The molecular formula is C13H20N2O. The molecule has 16 heavy (non-hydrogen) atoms. The molecule has 0 fully saturated rings. The topological polar surface area (TPSA) is 24.5 Å². The van der Waals surface area contributed by atoms with Crippen LogP contribution < -0.4 is 15.0 Å². The summed E-state index contributed by atoms with van der Waals surface area (Å²) in [5.41, 5.74) is 1.19. The van der Waals surface area contributed by atoms with Gasteiger partial charge in [0.25, 0.3) is 0 Å². The molecule has 0 aliphatic carbocycles. The quantitative estimate of drug-likeness (QED) is 0.841. The molecule has 88 valence electrons. The normalized spacial score (nSPS) is 23.8. The van der Waals surface area contributed by atoms with Crippen LogP contribution in [0.1, 0.15) is 13.3 Å². The molecule has 2 rings (SSSR count). The molecule has 0 saturated heterocycles. The third kappa shape index (κ3) is 2.00. The van der Waals surface area contributed by atoms with Gasteiger partial charge in [0, 0.05) is 7.05 Å². The molecule has 0 spiro atoms. The van der Waals surface area contributed by atoms with E-state index in [0.717, 1.165) is 18.7 Å². The first-order valence-electron chi connectivity index (χ1n) is 5.87. The number of hydrogen-bond donors (Lipinski definition) is 1. The van der Waals surface area contributed by atoms with E-state index in [2.05, 4.69) is 36.3 Å². The van der Waals surface area contributed by atoms with Gasteiger partial charge in [-0.25, -0.2) is 0 Å². The van der Waals surface area contributed by atoms with Gasteiger partial charge in [-0.1, -0.05) is 12.1 Å². The van der Waals surface area contributed by atoms with E-state index in [1.165, 1.54) is 5.69 Å². The molecule has 1 aromatic carbocycles. The van der Waals surface area contributed by atoms with Crippen LogP contribution in [-0.2, 0) is 0 Å². The fourth-order valence-electron chi connectivity index (χ4n) is 2.17. The van der Waals surface area contributed by atoms with Crippen molar-refractivity contribution in [3.05, 3.63) is 24.3 Å². The van der Waals surface area contributed by atoms with Crippen molar-refractivity contribution in [3.8, 4) is 5.75 Å². The van der Waals surface area contributed by atoms with Crippen molar-refractivity contribution in [3.63, 3.8) is 0 Å². The minimum Gasteiger partial charge on any atom is -0.486 e. The van der Waals surface area contributed by atoms with Crippen LogP contribution >= 0.6 is 0 Å². The summed E-state index contributed by atoms with van der Waals surface area (Å²) in [6.07, 6.45) is 1.31. The smallest absolute Gasteiger partial charge is 0.143 e. The lowest BCUT2D eigenvalue weighted by atomic mass is 10.0. The fourth-order valence-corrected chi connectivity index (χ4v) is 2.17. The van der Waals surface area contributed by atoms with Crippen molar-refractivity contribution in [2.45, 2.75) is 25.5 Å². The Bertz CT molecular complexity index is 354. The first-order chi connectivity index (χ1) is 7.74. The standard InChI is InChI=1S/C13H20N2O/c1-10-12(8-9-14-2)16-13-7-5-4-6-11(13)15(10)3/h4-7,10,12,14H,8-9H2,1-3H3. The summed E-state index contributed by atoms with van der Waals surface area (Å²) < 4.78 is 6.04. The third-order valence-electron chi connectivity index (χ3n) is 3.35. The van der Waals surface area contributed by atoms with E-state index in [0.29, 0.717) is 6.04 Å². The Morgan fingerprint density at radius 1 is 1.38 bits per heavy atom. The molecule has 1 heterocycles. The number of fused-ring (bicyclic) bond motifs is 1. The molecule has 0 aromatic heterocycles. The van der Waals surface area contributed by atoms with Crippen LogP contribution in [0.25, 0.3) is 0 Å². The average molecular weight is 220 g/mol. The van der Waals surface area contributed by atoms with E-state index < -0.39 is 0 Å². The fraction of sp³-hybridized carbons (Fsp3) is 0.538. The second-order valence-electron chi connectivity index (χ2n) is 4.37. The SMILES string of the molecule is CNCCC1Oc2ccccc2N(C)C1C. The predicted octanol–water partition coefficient (Wildman–Crippen LogP) is 1.88. The highest BCUT2D eigenvalue weighted by molar-refractivity contribution is 5.60. The minimum atomic E-state index is 0.271. The van der Waals surface area contributed by atoms with Crippen molar-refractivity contribution < 1.29 is 4.74 Å². The van der Waals surface area contributed by atoms with Crippen molar-refractivity contribution in [2.24, 2.45) is 0 Å². The maximum absolute atomic E-state index is 6.04. The van der Waals surface area contributed by atoms with Crippen LogP contribution in [0.15, 0.2) is 24.3 Å². The Balaban J connectivity index is 2.18. The van der Waals surface area contributed by atoms with Gasteiger partial charge < -0.3 is 15.0 Å². The van der Waals surface area contributed by atoms with Gasteiger partial charge in [-0.05, 0) is 39.1 Å². The summed E-state index contributed by atoms with van der Waals surface area (Å²) in [6, 6.07) is 8.66. The molecule has 2 atom stereocenters. The summed E-state index contributed by atoms with van der Waals surface area (Å²) in [5.74, 6) is 1.00. The number of nitrogens with zero attached hydrogens (tertiary/aromatic N) is 1. The van der Waals surface area contributed by atoms with Crippen molar-refractivity contribution in [1.82, 2.24) is 5.32 Å². The van der Waals surface area contributed by atoms with Crippen LogP contribution in [0.4, 0.5) is 5.69 Å². The molecule has 1 aliphatic rings. The Morgan fingerprint density at radius 3 is 2.88 bits per heavy atom. The first-order valence-corrected chi connectivity index (χ1v) is 5.87. The molecule has 0 saturated carbocycles. The molecule has 0 amide bonds. The molecule has 3 nitrogen and oxygen atoms in total. The molecule has 0 radical (unpaired) electrons. The lowest BCUT2D eigenvalue weighted by Gasteiger charge is -2.39. The summed E-state index contributed by atoms with van der Waals surface area (Å²) in [5, 5.41) is 3.18. The number of hydrogen-bond acceptors (Lipinski definition) is 3. The number of anilines is 1. The average Bonchev–Trinajstić information content (AvgIpc) is 2.32. The largest absolute Gasteiger partial charge is 0.486 e. The van der Waals surface area contributed by atoms with Gasteiger partial charge in [-0.15, -0.1) is 0 Å². The number of benzene rings is 1. The number of ether oxygens (including phenoxy) is 1. The molecule has 3 heteroatoms. The zero-order valence-corrected chi connectivity index (χ0v) is 10.2. The molecule has 2 unspecified atom stereocenters. The number of rotatable bonds is 3. The third-order valence-corrected chi connectivity index (χ3v) is 3.35. The zero-order valence-electron chi connectivity index (χ0n) is 10.2. The van der Waals surface area contributed by atoms with Gasteiger partial charge in [0.2, 0.25) is 0 Å². The Kier molecular flexibility index (Phi) is 3.34. The number of nitrogens with one attached hydrogen (secondary N) is 1. The molecule has 1 aromatic rings. The number of likely N-dealkylation sites (N-methyl/N-ethyl adjacent to an activating group) is 1. The van der Waals surface area contributed by atoms with Gasteiger partial charge in [0.1, 0.15) is 11.9 Å². The molecule has 1 aliphatic heterocycles. The summed E-state index contributed by atoms with van der Waals surface area (Å²) in [4.78, 5) is 2.30. The second-order valence-corrected chi connectivity index (χ2v) is 4.37. The highest BCUT2D eigenvalue weighted by Crippen LogP contribution is 2.35. The Labute approximate surface area is 97.4 Å². The van der Waals surface area contributed by atoms with Crippen molar-refractivity contribution in [1.29, 1.82) is 0 Å².